The third kappa shape index (κ3) is 4.59. The number of rotatable bonds is 5. The first-order valence-electron chi connectivity index (χ1n) is 8.22. The van der Waals surface area contributed by atoms with Crippen LogP contribution in [0.15, 0.2) is 41.0 Å². The Balaban J connectivity index is 1.52. The van der Waals surface area contributed by atoms with Crippen LogP contribution in [0.4, 0.5) is 0 Å². The Morgan fingerprint density at radius 1 is 1.33 bits per heavy atom. The second-order valence-electron chi connectivity index (χ2n) is 6.05. The van der Waals surface area contributed by atoms with Crippen molar-refractivity contribution >= 4 is 40.3 Å². The predicted octanol–water partition coefficient (Wildman–Crippen LogP) is 1.70. The first kappa shape index (κ1) is 19.2. The normalized spacial score (nSPS) is 16.3. The molecule has 1 fully saturated rings. The number of amides is 3. The Kier molecular flexibility index (Phi) is 5.99. The van der Waals surface area contributed by atoms with Crippen LogP contribution in [0.3, 0.4) is 0 Å². The lowest BCUT2D eigenvalue weighted by Gasteiger charge is -2.15. The van der Waals surface area contributed by atoms with Crippen molar-refractivity contribution in [2.75, 3.05) is 13.7 Å². The molecule has 9 heteroatoms. The summed E-state index contributed by atoms with van der Waals surface area (Å²) in [5, 5.41) is 0. The number of hydrazine groups is 1. The number of likely N-dealkylation sites (tertiary alicyclic amines) is 1. The number of methoxy groups -OCH3 is 1. The van der Waals surface area contributed by atoms with Crippen molar-refractivity contribution in [1.29, 1.82) is 0 Å². The molecule has 3 amide bonds. The van der Waals surface area contributed by atoms with Gasteiger partial charge in [0.2, 0.25) is 11.8 Å². The molecule has 142 valence electrons. The molecule has 1 saturated heterocycles. The molecule has 8 nitrogen and oxygen atoms in total. The average molecular weight is 483 g/mol. The lowest BCUT2D eigenvalue weighted by molar-refractivity contribution is -0.129. The average Bonchev–Trinajstić information content (AvgIpc) is 3.30. The summed E-state index contributed by atoms with van der Waals surface area (Å²) in [6.45, 7) is 0.605. The maximum Gasteiger partial charge on any atom is 0.269 e. The molecule has 1 aromatic carbocycles. The van der Waals surface area contributed by atoms with Gasteiger partial charge in [0.15, 0.2) is 0 Å². The highest BCUT2D eigenvalue weighted by Gasteiger charge is 2.34. The Morgan fingerprint density at radius 3 is 2.81 bits per heavy atom. The Bertz CT molecular complexity index is 853. The van der Waals surface area contributed by atoms with Gasteiger partial charge in [-0.2, -0.15) is 0 Å². The monoisotopic (exact) mass is 483 g/mol. The molecular formula is C18H18IN3O5. The molecule has 27 heavy (non-hydrogen) atoms. The first-order valence-corrected chi connectivity index (χ1v) is 9.29. The van der Waals surface area contributed by atoms with Gasteiger partial charge in [-0.05, 0) is 52.9 Å². The van der Waals surface area contributed by atoms with Gasteiger partial charge < -0.3 is 14.1 Å². The third-order valence-electron chi connectivity index (χ3n) is 4.23. The van der Waals surface area contributed by atoms with Crippen LogP contribution in [0.25, 0.3) is 0 Å². The van der Waals surface area contributed by atoms with E-state index in [2.05, 4.69) is 33.4 Å². The number of benzene rings is 1. The van der Waals surface area contributed by atoms with Crippen molar-refractivity contribution in [1.82, 2.24) is 15.8 Å². The highest BCUT2D eigenvalue weighted by molar-refractivity contribution is 14.1. The minimum Gasteiger partial charge on any atom is -0.496 e. The number of nitrogens with one attached hydrogen (secondary N) is 2. The van der Waals surface area contributed by atoms with E-state index in [1.165, 1.54) is 6.26 Å². The fraction of sp³-hybridized carbons (Fsp3) is 0.278. The summed E-state index contributed by atoms with van der Waals surface area (Å²) in [5.41, 5.74) is 5.17. The number of hydrogen-bond donors (Lipinski definition) is 2. The van der Waals surface area contributed by atoms with Crippen LogP contribution in [-0.4, -0.2) is 36.3 Å². The maximum absolute atomic E-state index is 12.3. The molecule has 2 aromatic rings. The van der Waals surface area contributed by atoms with Crippen molar-refractivity contribution in [3.8, 4) is 5.75 Å². The zero-order valence-electron chi connectivity index (χ0n) is 14.5. The second kappa shape index (κ2) is 8.42. The van der Waals surface area contributed by atoms with Crippen LogP contribution in [0.5, 0.6) is 5.75 Å². The highest BCUT2D eigenvalue weighted by atomic mass is 127. The number of carbonyl (C=O) groups is 3. The van der Waals surface area contributed by atoms with E-state index in [1.54, 1.807) is 42.3 Å². The van der Waals surface area contributed by atoms with Crippen molar-refractivity contribution in [3.63, 3.8) is 0 Å². The van der Waals surface area contributed by atoms with E-state index in [1.807, 2.05) is 0 Å². The quantitative estimate of drug-likeness (QED) is 0.498. The summed E-state index contributed by atoms with van der Waals surface area (Å²) >= 11 is 2.06. The molecule has 3 rings (SSSR count). The largest absolute Gasteiger partial charge is 0.496 e. The zero-order chi connectivity index (χ0) is 19.4. The van der Waals surface area contributed by atoms with Gasteiger partial charge >= 0.3 is 0 Å². The Labute approximate surface area is 169 Å². The van der Waals surface area contributed by atoms with Gasteiger partial charge in [0, 0.05) is 18.5 Å². The van der Waals surface area contributed by atoms with Crippen LogP contribution in [0, 0.1) is 9.49 Å². The minimum absolute atomic E-state index is 0.100. The van der Waals surface area contributed by atoms with E-state index < -0.39 is 17.7 Å². The molecule has 1 aromatic heterocycles. The van der Waals surface area contributed by atoms with Crippen molar-refractivity contribution in [3.05, 3.63) is 51.5 Å². The van der Waals surface area contributed by atoms with E-state index in [-0.39, 0.29) is 18.9 Å². The lowest BCUT2D eigenvalue weighted by Crippen LogP contribution is -2.45. The minimum atomic E-state index is -0.524. The van der Waals surface area contributed by atoms with E-state index >= 15 is 0 Å². The molecule has 0 radical (unpaired) electrons. The molecule has 1 unspecified atom stereocenters. The van der Waals surface area contributed by atoms with Gasteiger partial charge in [0.05, 0.1) is 29.4 Å². The number of carbonyl (C=O) groups excluding carboxylic acids is 3. The zero-order valence-corrected chi connectivity index (χ0v) is 16.7. The molecule has 0 aliphatic carbocycles. The number of halogens is 1. The number of nitrogens with zero attached hydrogens (tertiary/aromatic N) is 1. The Morgan fingerprint density at radius 2 is 2.15 bits per heavy atom. The molecule has 2 heterocycles. The predicted molar refractivity (Wildman–Crippen MR) is 104 cm³/mol. The summed E-state index contributed by atoms with van der Waals surface area (Å²) in [4.78, 5) is 38.1. The fourth-order valence-corrected chi connectivity index (χ4v) is 3.53. The molecule has 1 atom stereocenters. The van der Waals surface area contributed by atoms with Crippen LogP contribution >= 0.6 is 22.6 Å². The first-order chi connectivity index (χ1) is 13.0. The number of furan rings is 1. The van der Waals surface area contributed by atoms with Crippen molar-refractivity contribution in [2.24, 2.45) is 5.92 Å². The van der Waals surface area contributed by atoms with Crippen LogP contribution in [0.2, 0.25) is 0 Å². The summed E-state index contributed by atoms with van der Waals surface area (Å²) in [5.74, 6) is -0.169. The molecule has 0 bridgehead atoms. The number of hydrogen-bond acceptors (Lipinski definition) is 5. The van der Waals surface area contributed by atoms with E-state index in [0.717, 1.165) is 3.57 Å². The van der Waals surface area contributed by atoms with Gasteiger partial charge in [-0.3, -0.25) is 25.2 Å². The molecule has 1 aliphatic heterocycles. The van der Waals surface area contributed by atoms with Crippen LogP contribution < -0.4 is 15.6 Å². The van der Waals surface area contributed by atoms with Gasteiger partial charge in [-0.15, -0.1) is 0 Å². The van der Waals surface area contributed by atoms with Gasteiger partial charge in [-0.25, -0.2) is 0 Å². The van der Waals surface area contributed by atoms with E-state index in [9.17, 15) is 14.4 Å². The van der Waals surface area contributed by atoms with Crippen molar-refractivity contribution < 1.29 is 23.5 Å². The van der Waals surface area contributed by atoms with Gasteiger partial charge in [0.1, 0.15) is 11.5 Å². The van der Waals surface area contributed by atoms with E-state index in [4.69, 9.17) is 9.15 Å². The standard InChI is InChI=1S/C18H18IN3O5/c1-26-15-5-4-11(7-14(15)19)17(24)20-21-18(25)12-8-16(23)22(9-12)10-13-3-2-6-27-13/h2-7,12H,8-10H2,1H3,(H,20,24)(H,21,25). The second-order valence-corrected chi connectivity index (χ2v) is 7.21. The summed E-state index contributed by atoms with van der Waals surface area (Å²) in [6.07, 6.45) is 1.64. The van der Waals surface area contributed by atoms with Crippen LogP contribution in [-0.2, 0) is 16.1 Å². The van der Waals surface area contributed by atoms with Gasteiger partial charge in [0.25, 0.3) is 5.91 Å². The van der Waals surface area contributed by atoms with Gasteiger partial charge in [-0.1, -0.05) is 0 Å². The van der Waals surface area contributed by atoms with Crippen LogP contribution in [0.1, 0.15) is 22.5 Å². The topological polar surface area (TPSA) is 101 Å². The molecule has 2 N–H and O–H groups in total. The van der Waals surface area contributed by atoms with E-state index in [0.29, 0.717) is 23.6 Å². The molecule has 0 saturated carbocycles. The smallest absolute Gasteiger partial charge is 0.269 e. The van der Waals surface area contributed by atoms with Crippen molar-refractivity contribution in [2.45, 2.75) is 13.0 Å². The molecular weight excluding hydrogens is 465 g/mol. The highest BCUT2D eigenvalue weighted by Crippen LogP contribution is 2.22. The number of ether oxygens (including phenoxy) is 1. The summed E-state index contributed by atoms with van der Waals surface area (Å²) < 4.78 is 11.2. The Hall–Kier alpha value is -2.56. The third-order valence-corrected chi connectivity index (χ3v) is 5.07. The SMILES string of the molecule is COc1ccc(C(=O)NNC(=O)C2CC(=O)N(Cc3ccco3)C2)cc1I. The maximum atomic E-state index is 12.3. The lowest BCUT2D eigenvalue weighted by atomic mass is 10.1. The summed E-state index contributed by atoms with van der Waals surface area (Å²) in [6, 6.07) is 8.46. The fourth-order valence-electron chi connectivity index (χ4n) is 2.79. The summed E-state index contributed by atoms with van der Waals surface area (Å²) in [7, 11) is 1.55. The molecule has 1 aliphatic rings. The molecule has 0 spiro atoms.